The fourth-order valence-corrected chi connectivity index (χ4v) is 3.39. The Labute approximate surface area is 176 Å². The lowest BCUT2D eigenvalue weighted by atomic mass is 10.1. The summed E-state index contributed by atoms with van der Waals surface area (Å²) in [4.78, 5) is 12.5. The highest BCUT2D eigenvalue weighted by Crippen LogP contribution is 2.28. The molecule has 164 valence electrons. The van der Waals surface area contributed by atoms with E-state index in [0.29, 0.717) is 28.2 Å². The van der Waals surface area contributed by atoms with Crippen LogP contribution in [0.2, 0.25) is 0 Å². The summed E-state index contributed by atoms with van der Waals surface area (Å²) in [5.74, 6) is -0.485. The van der Waals surface area contributed by atoms with E-state index in [1.54, 1.807) is 25.1 Å². The number of hydrogen-bond acceptors (Lipinski definition) is 4. The van der Waals surface area contributed by atoms with Gasteiger partial charge in [-0.1, -0.05) is 0 Å². The van der Waals surface area contributed by atoms with Crippen LogP contribution in [-0.4, -0.2) is 29.9 Å². The van der Waals surface area contributed by atoms with Crippen molar-refractivity contribution in [3.8, 4) is 5.69 Å². The van der Waals surface area contributed by atoms with Crippen LogP contribution in [0.15, 0.2) is 54.7 Å². The molecule has 2 aromatic carbocycles. The number of carbonyl (C=O) groups is 1. The molecule has 0 unspecified atom stereocenters. The molecule has 3 rings (SSSR count). The maximum atomic E-state index is 12.7. The van der Waals surface area contributed by atoms with Gasteiger partial charge >= 0.3 is 6.18 Å². The number of nitrogens with one attached hydrogen (secondary N) is 2. The van der Waals surface area contributed by atoms with Crippen molar-refractivity contribution in [2.75, 3.05) is 15.8 Å². The monoisotopic (exact) mass is 452 g/mol. The Morgan fingerprint density at radius 2 is 1.77 bits per heavy atom. The Balaban J connectivity index is 1.71. The van der Waals surface area contributed by atoms with Crippen LogP contribution in [0, 0.1) is 6.92 Å². The third-order valence-electron chi connectivity index (χ3n) is 4.40. The van der Waals surface area contributed by atoms with Crippen molar-refractivity contribution in [1.82, 2.24) is 9.78 Å². The summed E-state index contributed by atoms with van der Waals surface area (Å²) in [5.41, 5.74) is 1.17. The molecule has 0 spiro atoms. The SMILES string of the molecule is CCS(=O)(=O)Nc1ccc(NC(=O)c2ccc(-n3ccc(C(F)(F)F)n3)cc2)cc1C. The first kappa shape index (κ1) is 22.3. The van der Waals surface area contributed by atoms with Crippen LogP contribution in [0.1, 0.15) is 28.5 Å². The van der Waals surface area contributed by atoms with Gasteiger partial charge in [0.05, 0.1) is 17.1 Å². The van der Waals surface area contributed by atoms with Gasteiger partial charge in [0, 0.05) is 17.4 Å². The molecule has 0 atom stereocenters. The lowest BCUT2D eigenvalue weighted by Gasteiger charge is -2.12. The number of nitrogens with zero attached hydrogens (tertiary/aromatic N) is 2. The van der Waals surface area contributed by atoms with Gasteiger partial charge in [0.2, 0.25) is 10.0 Å². The van der Waals surface area contributed by atoms with Crippen molar-refractivity contribution in [2.45, 2.75) is 20.0 Å². The molecule has 0 bridgehead atoms. The molecule has 31 heavy (non-hydrogen) atoms. The van der Waals surface area contributed by atoms with Crippen molar-refractivity contribution in [1.29, 1.82) is 0 Å². The van der Waals surface area contributed by atoms with Crippen LogP contribution in [0.5, 0.6) is 0 Å². The van der Waals surface area contributed by atoms with Crippen LogP contribution in [0.25, 0.3) is 5.69 Å². The van der Waals surface area contributed by atoms with E-state index in [9.17, 15) is 26.4 Å². The number of rotatable bonds is 6. The molecule has 0 saturated heterocycles. The van der Waals surface area contributed by atoms with Gasteiger partial charge in [0.1, 0.15) is 0 Å². The van der Waals surface area contributed by atoms with Gasteiger partial charge in [-0.15, -0.1) is 0 Å². The predicted octanol–water partition coefficient (Wildman–Crippen LogP) is 4.21. The number of benzene rings is 2. The van der Waals surface area contributed by atoms with E-state index in [1.165, 1.54) is 37.4 Å². The third-order valence-corrected chi connectivity index (χ3v) is 5.69. The third kappa shape index (κ3) is 5.43. The number of aromatic nitrogens is 2. The van der Waals surface area contributed by atoms with Crippen LogP contribution < -0.4 is 10.0 Å². The molecule has 0 radical (unpaired) electrons. The molecule has 1 amide bonds. The van der Waals surface area contributed by atoms with Gasteiger partial charge in [0.15, 0.2) is 5.69 Å². The van der Waals surface area contributed by atoms with Crippen molar-refractivity contribution in [2.24, 2.45) is 0 Å². The lowest BCUT2D eigenvalue weighted by molar-refractivity contribution is -0.141. The van der Waals surface area contributed by atoms with Crippen molar-refractivity contribution in [3.05, 3.63) is 71.5 Å². The summed E-state index contributed by atoms with van der Waals surface area (Å²) < 4.78 is 65.0. The number of hydrogen-bond donors (Lipinski definition) is 2. The topological polar surface area (TPSA) is 93.1 Å². The van der Waals surface area contributed by atoms with E-state index < -0.39 is 27.8 Å². The Morgan fingerprint density at radius 3 is 2.32 bits per heavy atom. The van der Waals surface area contributed by atoms with Gasteiger partial charge in [-0.3, -0.25) is 9.52 Å². The number of sulfonamides is 1. The zero-order valence-electron chi connectivity index (χ0n) is 16.6. The van der Waals surface area contributed by atoms with Gasteiger partial charge in [-0.05, 0) is 67.9 Å². The first-order chi connectivity index (χ1) is 14.5. The Kier molecular flexibility index (Phi) is 6.07. The Morgan fingerprint density at radius 1 is 1.10 bits per heavy atom. The molecule has 1 heterocycles. The number of carbonyl (C=O) groups excluding carboxylic acids is 1. The van der Waals surface area contributed by atoms with Gasteiger partial charge in [0.25, 0.3) is 5.91 Å². The average molecular weight is 452 g/mol. The van der Waals surface area contributed by atoms with Crippen LogP contribution in [0.3, 0.4) is 0 Å². The number of amides is 1. The maximum absolute atomic E-state index is 12.7. The highest BCUT2D eigenvalue weighted by molar-refractivity contribution is 7.92. The molecule has 11 heteroatoms. The van der Waals surface area contributed by atoms with Gasteiger partial charge in [-0.2, -0.15) is 18.3 Å². The molecule has 0 fully saturated rings. The highest BCUT2D eigenvalue weighted by atomic mass is 32.2. The molecular formula is C20H19F3N4O3S. The van der Waals surface area contributed by atoms with Crippen LogP contribution in [-0.2, 0) is 16.2 Å². The lowest BCUT2D eigenvalue weighted by Crippen LogP contribution is -2.16. The summed E-state index contributed by atoms with van der Waals surface area (Å²) >= 11 is 0. The minimum atomic E-state index is -4.53. The fourth-order valence-electron chi connectivity index (χ4n) is 2.68. The fraction of sp³-hybridized carbons (Fsp3) is 0.200. The Hall–Kier alpha value is -3.34. The van der Waals surface area contributed by atoms with Crippen molar-refractivity contribution in [3.63, 3.8) is 0 Å². The smallest absolute Gasteiger partial charge is 0.322 e. The molecule has 3 aromatic rings. The van der Waals surface area contributed by atoms with Gasteiger partial charge < -0.3 is 5.32 Å². The standard InChI is InChI=1S/C20H19F3N4O3S/c1-3-31(29,30)26-17-9-6-15(12-13(17)2)24-19(28)14-4-7-16(8-5-14)27-11-10-18(25-27)20(21,22)23/h4-12,26H,3H2,1-2H3,(H,24,28). The second-order valence-electron chi connectivity index (χ2n) is 6.68. The van der Waals surface area contributed by atoms with Crippen molar-refractivity contribution < 1.29 is 26.4 Å². The summed E-state index contributed by atoms with van der Waals surface area (Å²) in [7, 11) is -3.41. The van der Waals surface area contributed by atoms with E-state index in [-0.39, 0.29) is 5.75 Å². The molecule has 1 aromatic heterocycles. The zero-order valence-corrected chi connectivity index (χ0v) is 17.4. The quantitative estimate of drug-likeness (QED) is 0.586. The van der Waals surface area contributed by atoms with Crippen molar-refractivity contribution >= 4 is 27.3 Å². The second-order valence-corrected chi connectivity index (χ2v) is 8.69. The number of alkyl halides is 3. The molecular weight excluding hydrogens is 433 g/mol. The first-order valence-electron chi connectivity index (χ1n) is 9.14. The van der Waals surface area contributed by atoms with E-state index >= 15 is 0 Å². The molecule has 7 nitrogen and oxygen atoms in total. The molecule has 0 aliphatic carbocycles. The summed E-state index contributed by atoms with van der Waals surface area (Å²) in [6.07, 6.45) is -3.34. The number of aryl methyl sites for hydroxylation is 1. The van der Waals surface area contributed by atoms with Crippen LogP contribution in [0.4, 0.5) is 24.5 Å². The van der Waals surface area contributed by atoms with Crippen LogP contribution >= 0.6 is 0 Å². The number of halogens is 3. The zero-order chi connectivity index (χ0) is 22.8. The average Bonchev–Trinajstić information content (AvgIpc) is 3.21. The normalized spacial score (nSPS) is 11.9. The first-order valence-corrected chi connectivity index (χ1v) is 10.8. The Bertz CT molecular complexity index is 1200. The minimum absolute atomic E-state index is 0.0586. The van der Waals surface area contributed by atoms with E-state index in [2.05, 4.69) is 15.1 Å². The molecule has 0 aliphatic heterocycles. The number of anilines is 2. The summed E-state index contributed by atoms with van der Waals surface area (Å²) in [6.45, 7) is 3.23. The molecule has 0 aliphatic rings. The van der Waals surface area contributed by atoms with E-state index in [1.807, 2.05) is 0 Å². The highest BCUT2D eigenvalue weighted by Gasteiger charge is 2.33. The van der Waals surface area contributed by atoms with E-state index in [0.717, 1.165) is 10.7 Å². The molecule has 2 N–H and O–H groups in total. The minimum Gasteiger partial charge on any atom is -0.322 e. The van der Waals surface area contributed by atoms with Gasteiger partial charge in [-0.25, -0.2) is 13.1 Å². The van der Waals surface area contributed by atoms with E-state index in [4.69, 9.17) is 0 Å². The maximum Gasteiger partial charge on any atom is 0.435 e. The second kappa shape index (κ2) is 8.42. The molecule has 0 saturated carbocycles. The largest absolute Gasteiger partial charge is 0.435 e. The summed E-state index contributed by atoms with van der Waals surface area (Å²) in [5, 5.41) is 6.18. The summed E-state index contributed by atoms with van der Waals surface area (Å²) in [6, 6.07) is 11.5. The predicted molar refractivity (Wildman–Crippen MR) is 111 cm³/mol.